The Kier molecular flexibility index (Phi) is 7.42. The summed E-state index contributed by atoms with van der Waals surface area (Å²) in [6.45, 7) is 1.92. The number of aromatic nitrogens is 1. The lowest BCUT2D eigenvalue weighted by Gasteiger charge is -2.20. The van der Waals surface area contributed by atoms with E-state index in [0.717, 1.165) is 54.2 Å². The molecule has 2 saturated heterocycles. The number of halogens is 2. The van der Waals surface area contributed by atoms with Crippen LogP contribution in [0.15, 0.2) is 53.6 Å². The molecule has 36 heavy (non-hydrogen) atoms. The normalized spacial score (nSPS) is 17.9. The lowest BCUT2D eigenvalue weighted by molar-refractivity contribution is -0.131. The summed E-state index contributed by atoms with van der Waals surface area (Å²) >= 11 is 13.1. The maximum Gasteiger partial charge on any atom is 0.293 e. The monoisotopic (exact) mass is 541 g/mol. The SMILES string of the molecule is O=C(Cn1cc(/C=C2\SC(=O)N(Cc3ccc(Cl)cc3Cl)C2=O)c2ccccc21)N1CCCCCC1. The highest BCUT2D eigenvalue weighted by Crippen LogP contribution is 2.36. The number of benzene rings is 2. The van der Waals surface area contributed by atoms with Gasteiger partial charge in [0.2, 0.25) is 5.91 Å². The number of hydrogen-bond acceptors (Lipinski definition) is 4. The van der Waals surface area contributed by atoms with Crippen LogP contribution in [0.2, 0.25) is 10.0 Å². The maximum absolute atomic E-state index is 13.1. The summed E-state index contributed by atoms with van der Waals surface area (Å²) in [7, 11) is 0. The summed E-state index contributed by atoms with van der Waals surface area (Å²) in [4.78, 5) is 42.3. The molecule has 0 aliphatic carbocycles. The summed E-state index contributed by atoms with van der Waals surface area (Å²) in [5.41, 5.74) is 2.36. The van der Waals surface area contributed by atoms with Crippen LogP contribution < -0.4 is 0 Å². The molecule has 3 amide bonds. The average Bonchev–Trinajstić information content (AvgIpc) is 3.17. The number of hydrogen-bond donors (Lipinski definition) is 0. The average molecular weight is 542 g/mol. The van der Waals surface area contributed by atoms with Gasteiger partial charge in [0.1, 0.15) is 6.54 Å². The molecule has 0 atom stereocenters. The highest BCUT2D eigenvalue weighted by molar-refractivity contribution is 8.18. The number of likely N-dealkylation sites (tertiary alicyclic amines) is 1. The number of rotatable bonds is 5. The van der Waals surface area contributed by atoms with Gasteiger partial charge in [0.15, 0.2) is 0 Å². The van der Waals surface area contributed by atoms with Gasteiger partial charge in [-0.2, -0.15) is 0 Å². The molecule has 5 rings (SSSR count). The molecule has 0 spiro atoms. The Labute approximate surface area is 223 Å². The van der Waals surface area contributed by atoms with Crippen molar-refractivity contribution in [1.29, 1.82) is 0 Å². The standard InChI is InChI=1S/C27H25Cl2N3O3S/c28-20-10-9-18(22(29)14-20)16-32-26(34)24(36-27(32)35)13-19-15-31(23-8-4-3-7-21(19)23)17-25(33)30-11-5-1-2-6-12-30/h3-4,7-10,13-15H,1-2,5-6,11-12,16-17H2/b24-13-. The Morgan fingerprint density at radius 3 is 2.50 bits per heavy atom. The van der Waals surface area contributed by atoms with E-state index in [4.69, 9.17) is 23.2 Å². The van der Waals surface area contributed by atoms with Gasteiger partial charge in [-0.25, -0.2) is 0 Å². The number of imide groups is 1. The molecule has 3 heterocycles. The van der Waals surface area contributed by atoms with E-state index in [0.29, 0.717) is 20.5 Å². The second kappa shape index (κ2) is 10.7. The van der Waals surface area contributed by atoms with E-state index < -0.39 is 0 Å². The fourth-order valence-corrected chi connectivity index (χ4v) is 5.98. The summed E-state index contributed by atoms with van der Waals surface area (Å²) in [6.07, 6.45) is 8.05. The highest BCUT2D eigenvalue weighted by Gasteiger charge is 2.35. The van der Waals surface area contributed by atoms with Crippen LogP contribution >= 0.6 is 35.0 Å². The number of thioether (sulfide) groups is 1. The quantitative estimate of drug-likeness (QED) is 0.342. The molecular formula is C27H25Cl2N3O3S. The molecule has 0 unspecified atom stereocenters. The van der Waals surface area contributed by atoms with Crippen LogP contribution in [0, 0.1) is 0 Å². The third-order valence-corrected chi connectivity index (χ3v) is 8.08. The molecule has 3 aromatic rings. The number of amides is 3. The lowest BCUT2D eigenvalue weighted by Crippen LogP contribution is -2.34. The second-order valence-corrected chi connectivity index (χ2v) is 10.9. The van der Waals surface area contributed by atoms with Crippen molar-refractivity contribution in [1.82, 2.24) is 14.4 Å². The third-order valence-electron chi connectivity index (χ3n) is 6.59. The Morgan fingerprint density at radius 1 is 1.00 bits per heavy atom. The first kappa shape index (κ1) is 24.9. The fraction of sp³-hybridized carbons (Fsp3) is 0.296. The van der Waals surface area contributed by atoms with Crippen LogP contribution in [-0.2, 0) is 22.7 Å². The Balaban J connectivity index is 1.40. The van der Waals surface area contributed by atoms with Gasteiger partial charge >= 0.3 is 0 Å². The largest absolute Gasteiger partial charge is 0.341 e. The minimum Gasteiger partial charge on any atom is -0.341 e. The zero-order chi connectivity index (χ0) is 25.2. The summed E-state index contributed by atoms with van der Waals surface area (Å²) in [5, 5.41) is 1.47. The van der Waals surface area contributed by atoms with Gasteiger partial charge in [0.05, 0.1) is 11.4 Å². The van der Waals surface area contributed by atoms with E-state index in [1.807, 2.05) is 39.9 Å². The Bertz CT molecular complexity index is 1380. The van der Waals surface area contributed by atoms with Crippen molar-refractivity contribution in [2.24, 2.45) is 0 Å². The molecule has 6 nitrogen and oxygen atoms in total. The first-order valence-corrected chi connectivity index (χ1v) is 13.5. The molecule has 2 aliphatic heterocycles. The van der Waals surface area contributed by atoms with E-state index >= 15 is 0 Å². The molecule has 0 radical (unpaired) electrons. The van der Waals surface area contributed by atoms with Crippen molar-refractivity contribution in [2.45, 2.75) is 38.8 Å². The van der Waals surface area contributed by atoms with Crippen LogP contribution in [0.25, 0.3) is 17.0 Å². The minimum absolute atomic E-state index is 0.0735. The zero-order valence-electron chi connectivity index (χ0n) is 19.6. The predicted molar refractivity (Wildman–Crippen MR) is 145 cm³/mol. The predicted octanol–water partition coefficient (Wildman–Crippen LogP) is 6.59. The van der Waals surface area contributed by atoms with E-state index in [1.165, 1.54) is 17.7 Å². The number of fused-ring (bicyclic) bond motifs is 1. The fourth-order valence-electron chi connectivity index (χ4n) is 4.68. The molecule has 2 aromatic carbocycles. The molecule has 0 saturated carbocycles. The first-order valence-electron chi connectivity index (χ1n) is 12.0. The molecule has 1 aromatic heterocycles. The minimum atomic E-state index is -0.367. The number of carbonyl (C=O) groups is 3. The first-order chi connectivity index (χ1) is 17.4. The van der Waals surface area contributed by atoms with Crippen molar-refractivity contribution in [3.63, 3.8) is 0 Å². The van der Waals surface area contributed by atoms with Crippen LogP contribution in [0.5, 0.6) is 0 Å². The lowest BCUT2D eigenvalue weighted by atomic mass is 10.1. The molecule has 9 heteroatoms. The van der Waals surface area contributed by atoms with Crippen molar-refractivity contribution in [3.05, 3.63) is 74.7 Å². The van der Waals surface area contributed by atoms with Crippen LogP contribution in [-0.4, -0.2) is 44.5 Å². The Morgan fingerprint density at radius 2 is 1.75 bits per heavy atom. The topological polar surface area (TPSA) is 62.6 Å². The van der Waals surface area contributed by atoms with Gasteiger partial charge in [0.25, 0.3) is 11.1 Å². The van der Waals surface area contributed by atoms with Gasteiger partial charge in [-0.15, -0.1) is 0 Å². The maximum atomic E-state index is 13.1. The van der Waals surface area contributed by atoms with Gasteiger partial charge < -0.3 is 9.47 Å². The van der Waals surface area contributed by atoms with Crippen LogP contribution in [0.3, 0.4) is 0 Å². The number of para-hydroxylation sites is 1. The van der Waals surface area contributed by atoms with Crippen LogP contribution in [0.1, 0.15) is 36.8 Å². The van der Waals surface area contributed by atoms with E-state index in [-0.39, 0.29) is 30.1 Å². The number of carbonyl (C=O) groups excluding carboxylic acids is 3. The summed E-state index contributed by atoms with van der Waals surface area (Å²) in [6, 6.07) is 12.8. The van der Waals surface area contributed by atoms with Gasteiger partial charge in [-0.3, -0.25) is 19.3 Å². The third kappa shape index (κ3) is 5.19. The van der Waals surface area contributed by atoms with Gasteiger partial charge in [-0.05, 0) is 54.4 Å². The summed E-state index contributed by atoms with van der Waals surface area (Å²) in [5.74, 6) is -0.266. The zero-order valence-corrected chi connectivity index (χ0v) is 21.9. The van der Waals surface area contributed by atoms with E-state index in [2.05, 4.69) is 0 Å². The van der Waals surface area contributed by atoms with E-state index in [9.17, 15) is 14.4 Å². The molecule has 0 N–H and O–H groups in total. The van der Waals surface area contributed by atoms with Crippen molar-refractivity contribution in [2.75, 3.05) is 13.1 Å². The number of nitrogens with zero attached hydrogens (tertiary/aromatic N) is 3. The molecule has 186 valence electrons. The van der Waals surface area contributed by atoms with E-state index in [1.54, 1.807) is 24.3 Å². The van der Waals surface area contributed by atoms with Crippen molar-refractivity contribution < 1.29 is 14.4 Å². The Hall–Kier alpha value is -2.74. The van der Waals surface area contributed by atoms with Gasteiger partial charge in [0, 0.05) is 45.8 Å². The smallest absolute Gasteiger partial charge is 0.293 e. The second-order valence-electron chi connectivity index (χ2n) is 9.03. The summed E-state index contributed by atoms with van der Waals surface area (Å²) < 4.78 is 1.94. The van der Waals surface area contributed by atoms with Gasteiger partial charge in [-0.1, -0.05) is 60.3 Å². The van der Waals surface area contributed by atoms with Crippen molar-refractivity contribution in [3.8, 4) is 0 Å². The molecular weight excluding hydrogens is 517 g/mol. The van der Waals surface area contributed by atoms with Crippen LogP contribution in [0.4, 0.5) is 4.79 Å². The highest BCUT2D eigenvalue weighted by atomic mass is 35.5. The van der Waals surface area contributed by atoms with Crippen molar-refractivity contribution >= 4 is 69.0 Å². The molecule has 0 bridgehead atoms. The molecule has 2 fully saturated rings. The molecule has 2 aliphatic rings.